The van der Waals surface area contributed by atoms with Crippen LogP contribution in [0, 0.1) is 5.92 Å². The highest BCUT2D eigenvalue weighted by Gasteiger charge is 2.27. The molecule has 0 saturated carbocycles. The van der Waals surface area contributed by atoms with Crippen molar-refractivity contribution in [3.05, 3.63) is 30.2 Å². The second kappa shape index (κ2) is 6.26. The molecular formula is C16H20N2O3. The summed E-state index contributed by atoms with van der Waals surface area (Å²) in [6.45, 7) is 4.62. The number of hydrogen-bond donors (Lipinski definition) is 0. The highest BCUT2D eigenvalue weighted by molar-refractivity contribution is 5.73. The summed E-state index contributed by atoms with van der Waals surface area (Å²) in [6, 6.07) is 7.75. The van der Waals surface area contributed by atoms with Gasteiger partial charge in [0.05, 0.1) is 19.1 Å². The molecule has 0 radical (unpaired) electrons. The second-order valence-corrected chi connectivity index (χ2v) is 5.40. The summed E-state index contributed by atoms with van der Waals surface area (Å²) in [4.78, 5) is 18.6. The molecule has 1 saturated heterocycles. The first-order valence-corrected chi connectivity index (χ1v) is 7.49. The number of carbonyl (C=O) groups excluding carboxylic acids is 1. The van der Waals surface area contributed by atoms with Gasteiger partial charge in [0.1, 0.15) is 5.52 Å². The first-order valence-electron chi connectivity index (χ1n) is 7.49. The Labute approximate surface area is 123 Å². The Hall–Kier alpha value is -1.88. The molecule has 5 heteroatoms. The second-order valence-electron chi connectivity index (χ2n) is 5.40. The third-order valence-electron chi connectivity index (χ3n) is 3.82. The molecule has 0 aliphatic carbocycles. The highest BCUT2D eigenvalue weighted by atomic mass is 16.5. The first kappa shape index (κ1) is 14.1. The molecule has 1 fully saturated rings. The maximum Gasteiger partial charge on any atom is 0.310 e. The van der Waals surface area contributed by atoms with Crippen molar-refractivity contribution in [3.63, 3.8) is 0 Å². The van der Waals surface area contributed by atoms with Crippen LogP contribution in [-0.4, -0.2) is 35.5 Å². The lowest BCUT2D eigenvalue weighted by Crippen LogP contribution is -2.39. The topological polar surface area (TPSA) is 55.6 Å². The Morgan fingerprint density at radius 2 is 2.33 bits per heavy atom. The maximum atomic E-state index is 11.8. The largest absolute Gasteiger partial charge is 0.466 e. The fourth-order valence-corrected chi connectivity index (χ4v) is 2.83. The molecule has 2 heterocycles. The van der Waals surface area contributed by atoms with Crippen molar-refractivity contribution in [2.75, 3.05) is 19.7 Å². The zero-order valence-electron chi connectivity index (χ0n) is 12.2. The minimum Gasteiger partial charge on any atom is -0.466 e. The molecule has 1 aliphatic heterocycles. The number of ether oxygens (including phenoxy) is 1. The van der Waals surface area contributed by atoms with Crippen LogP contribution in [0.5, 0.6) is 0 Å². The van der Waals surface area contributed by atoms with Gasteiger partial charge in [-0.1, -0.05) is 12.1 Å². The van der Waals surface area contributed by atoms with Crippen molar-refractivity contribution < 1.29 is 13.9 Å². The predicted molar refractivity (Wildman–Crippen MR) is 78.6 cm³/mol. The van der Waals surface area contributed by atoms with E-state index in [0.717, 1.165) is 37.0 Å². The zero-order chi connectivity index (χ0) is 14.7. The third kappa shape index (κ3) is 3.24. The predicted octanol–water partition coefficient (Wildman–Crippen LogP) is 2.60. The monoisotopic (exact) mass is 288 g/mol. The van der Waals surface area contributed by atoms with Crippen LogP contribution in [0.25, 0.3) is 11.1 Å². The SMILES string of the molecule is CCOC(=O)[C@@H]1CCCN(Cc2nc3ccccc3o2)C1. The van der Waals surface area contributed by atoms with E-state index < -0.39 is 0 Å². The lowest BCUT2D eigenvalue weighted by atomic mass is 9.98. The summed E-state index contributed by atoms with van der Waals surface area (Å²) in [7, 11) is 0. The maximum absolute atomic E-state index is 11.8. The van der Waals surface area contributed by atoms with E-state index in [-0.39, 0.29) is 11.9 Å². The number of carbonyl (C=O) groups is 1. The van der Waals surface area contributed by atoms with E-state index in [4.69, 9.17) is 9.15 Å². The van der Waals surface area contributed by atoms with Crippen LogP contribution in [0.1, 0.15) is 25.7 Å². The molecular weight excluding hydrogens is 268 g/mol. The van der Waals surface area contributed by atoms with E-state index >= 15 is 0 Å². The number of oxazole rings is 1. The summed E-state index contributed by atoms with van der Waals surface area (Å²) in [5.74, 6) is 0.601. The first-order chi connectivity index (χ1) is 10.3. The number of fused-ring (bicyclic) bond motifs is 1. The zero-order valence-corrected chi connectivity index (χ0v) is 12.2. The quantitative estimate of drug-likeness (QED) is 0.809. The molecule has 0 N–H and O–H groups in total. The van der Waals surface area contributed by atoms with Gasteiger partial charge in [-0.25, -0.2) is 4.98 Å². The number of hydrogen-bond acceptors (Lipinski definition) is 5. The van der Waals surface area contributed by atoms with Gasteiger partial charge >= 0.3 is 5.97 Å². The van der Waals surface area contributed by atoms with E-state index in [2.05, 4.69) is 9.88 Å². The Bertz CT molecular complexity index is 590. The van der Waals surface area contributed by atoms with Crippen LogP contribution in [0.15, 0.2) is 28.7 Å². The third-order valence-corrected chi connectivity index (χ3v) is 3.82. The van der Waals surface area contributed by atoms with E-state index in [0.29, 0.717) is 19.0 Å². The number of piperidine rings is 1. The van der Waals surface area contributed by atoms with Crippen molar-refractivity contribution in [2.45, 2.75) is 26.3 Å². The van der Waals surface area contributed by atoms with Crippen LogP contribution in [0.2, 0.25) is 0 Å². The number of rotatable bonds is 4. The summed E-state index contributed by atoms with van der Waals surface area (Å²) >= 11 is 0. The van der Waals surface area contributed by atoms with E-state index in [1.807, 2.05) is 31.2 Å². The molecule has 5 nitrogen and oxygen atoms in total. The fourth-order valence-electron chi connectivity index (χ4n) is 2.83. The Balaban J connectivity index is 1.65. The molecule has 112 valence electrons. The van der Waals surface area contributed by atoms with Crippen molar-refractivity contribution >= 4 is 17.1 Å². The fraction of sp³-hybridized carbons (Fsp3) is 0.500. The van der Waals surface area contributed by atoms with Crippen LogP contribution < -0.4 is 0 Å². The Morgan fingerprint density at radius 3 is 3.14 bits per heavy atom. The number of nitrogens with zero attached hydrogens (tertiary/aromatic N) is 2. The number of para-hydroxylation sites is 2. The van der Waals surface area contributed by atoms with Crippen LogP contribution in [-0.2, 0) is 16.1 Å². The number of aromatic nitrogens is 1. The molecule has 2 aromatic rings. The minimum absolute atomic E-state index is 0.0249. The smallest absolute Gasteiger partial charge is 0.310 e. The van der Waals surface area contributed by atoms with Crippen molar-refractivity contribution in [1.82, 2.24) is 9.88 Å². The minimum atomic E-state index is -0.0836. The number of benzene rings is 1. The van der Waals surface area contributed by atoms with E-state index in [9.17, 15) is 4.79 Å². The van der Waals surface area contributed by atoms with Gasteiger partial charge in [-0.15, -0.1) is 0 Å². The standard InChI is InChI=1S/C16H20N2O3/c1-2-20-16(19)12-6-5-9-18(10-12)11-15-17-13-7-3-4-8-14(13)21-15/h3-4,7-8,12H,2,5-6,9-11H2,1H3/t12-/m1/s1. The van der Waals surface area contributed by atoms with Gasteiger partial charge in [0.15, 0.2) is 5.58 Å². The summed E-state index contributed by atoms with van der Waals surface area (Å²) in [5.41, 5.74) is 1.69. The number of likely N-dealkylation sites (tertiary alicyclic amines) is 1. The Morgan fingerprint density at radius 1 is 1.48 bits per heavy atom. The number of esters is 1. The molecule has 0 amide bonds. The molecule has 0 bridgehead atoms. The molecule has 1 aromatic carbocycles. The van der Waals surface area contributed by atoms with Gasteiger partial charge in [0, 0.05) is 6.54 Å². The normalized spacial score (nSPS) is 19.8. The molecule has 3 rings (SSSR count). The van der Waals surface area contributed by atoms with Gasteiger partial charge in [-0.05, 0) is 38.4 Å². The van der Waals surface area contributed by atoms with Crippen molar-refractivity contribution in [2.24, 2.45) is 5.92 Å². The van der Waals surface area contributed by atoms with Gasteiger partial charge in [0.2, 0.25) is 5.89 Å². The Kier molecular flexibility index (Phi) is 4.20. The van der Waals surface area contributed by atoms with Gasteiger partial charge in [-0.2, -0.15) is 0 Å². The average molecular weight is 288 g/mol. The molecule has 0 spiro atoms. The van der Waals surface area contributed by atoms with Crippen molar-refractivity contribution in [1.29, 1.82) is 0 Å². The summed E-state index contributed by atoms with van der Waals surface area (Å²) in [5, 5.41) is 0. The average Bonchev–Trinajstić information content (AvgIpc) is 2.90. The van der Waals surface area contributed by atoms with Crippen LogP contribution >= 0.6 is 0 Å². The van der Waals surface area contributed by atoms with Gasteiger partial charge < -0.3 is 9.15 Å². The lowest BCUT2D eigenvalue weighted by Gasteiger charge is -2.30. The van der Waals surface area contributed by atoms with Crippen molar-refractivity contribution in [3.8, 4) is 0 Å². The molecule has 21 heavy (non-hydrogen) atoms. The molecule has 1 aromatic heterocycles. The van der Waals surface area contributed by atoms with E-state index in [1.54, 1.807) is 0 Å². The highest BCUT2D eigenvalue weighted by Crippen LogP contribution is 2.21. The molecule has 0 unspecified atom stereocenters. The lowest BCUT2D eigenvalue weighted by molar-refractivity contribution is -0.150. The van der Waals surface area contributed by atoms with Crippen LogP contribution in [0.4, 0.5) is 0 Å². The van der Waals surface area contributed by atoms with Crippen LogP contribution in [0.3, 0.4) is 0 Å². The molecule has 1 atom stereocenters. The van der Waals surface area contributed by atoms with E-state index in [1.165, 1.54) is 0 Å². The molecule has 1 aliphatic rings. The summed E-state index contributed by atoms with van der Waals surface area (Å²) in [6.07, 6.45) is 1.91. The summed E-state index contributed by atoms with van der Waals surface area (Å²) < 4.78 is 10.9. The van der Waals surface area contributed by atoms with Gasteiger partial charge in [-0.3, -0.25) is 9.69 Å². The van der Waals surface area contributed by atoms with Gasteiger partial charge in [0.25, 0.3) is 0 Å².